The molecule has 2 heterocycles. The quantitative estimate of drug-likeness (QED) is 0.521. The van der Waals surface area contributed by atoms with Crippen molar-refractivity contribution < 1.29 is 21.9 Å². The van der Waals surface area contributed by atoms with Gasteiger partial charge in [-0.2, -0.15) is 0 Å². The first-order valence-corrected chi connectivity index (χ1v) is 12.7. The number of piperidine rings is 1. The van der Waals surface area contributed by atoms with E-state index in [-0.39, 0.29) is 17.7 Å². The standard InChI is InChI=1S/C22H23F2N3O3S2/c23-19-12-18(13-20(24)22(19)32(28,29)26-21-14-31-15-25-21)30-17-7-10-27(11-8-17)9-6-16-4-2-1-3-5-16/h1-5,12-15,17,26H,6-11H2. The fraction of sp³-hybridized carbons (Fsp3) is 0.318. The van der Waals surface area contributed by atoms with Gasteiger partial charge in [0.1, 0.15) is 23.5 Å². The van der Waals surface area contributed by atoms with E-state index in [1.807, 2.05) is 18.2 Å². The summed E-state index contributed by atoms with van der Waals surface area (Å²) in [5.41, 5.74) is 2.70. The molecule has 0 unspecified atom stereocenters. The van der Waals surface area contributed by atoms with Crippen molar-refractivity contribution in [1.82, 2.24) is 9.88 Å². The van der Waals surface area contributed by atoms with Gasteiger partial charge in [-0.1, -0.05) is 30.3 Å². The van der Waals surface area contributed by atoms with Crippen LogP contribution in [0.5, 0.6) is 5.75 Å². The van der Waals surface area contributed by atoms with Crippen LogP contribution in [0.25, 0.3) is 0 Å². The second-order valence-electron chi connectivity index (χ2n) is 7.59. The molecule has 0 spiro atoms. The number of likely N-dealkylation sites (tertiary alicyclic amines) is 1. The summed E-state index contributed by atoms with van der Waals surface area (Å²) in [5.74, 6) is -2.42. The van der Waals surface area contributed by atoms with E-state index in [9.17, 15) is 17.2 Å². The van der Waals surface area contributed by atoms with Crippen LogP contribution in [0.3, 0.4) is 0 Å². The van der Waals surface area contributed by atoms with Gasteiger partial charge < -0.3 is 9.64 Å². The lowest BCUT2D eigenvalue weighted by molar-refractivity contribution is 0.101. The number of aromatic nitrogens is 1. The Bertz CT molecular complexity index is 1110. The van der Waals surface area contributed by atoms with Gasteiger partial charge >= 0.3 is 0 Å². The minimum Gasteiger partial charge on any atom is -0.490 e. The number of hydrogen-bond donors (Lipinski definition) is 1. The van der Waals surface area contributed by atoms with Crippen molar-refractivity contribution in [3.63, 3.8) is 0 Å². The Labute approximate surface area is 189 Å². The van der Waals surface area contributed by atoms with Crippen LogP contribution in [0, 0.1) is 11.6 Å². The summed E-state index contributed by atoms with van der Waals surface area (Å²) < 4.78 is 61.7. The van der Waals surface area contributed by atoms with Crippen molar-refractivity contribution >= 4 is 27.2 Å². The van der Waals surface area contributed by atoms with E-state index >= 15 is 0 Å². The van der Waals surface area contributed by atoms with E-state index in [4.69, 9.17) is 4.74 Å². The highest BCUT2D eigenvalue weighted by Gasteiger charge is 2.27. The van der Waals surface area contributed by atoms with Crippen LogP contribution in [0.15, 0.2) is 58.3 Å². The van der Waals surface area contributed by atoms with Crippen molar-refractivity contribution in [3.8, 4) is 5.75 Å². The predicted molar refractivity (Wildman–Crippen MR) is 120 cm³/mol. The van der Waals surface area contributed by atoms with Gasteiger partial charge in [-0.05, 0) is 24.8 Å². The molecule has 32 heavy (non-hydrogen) atoms. The van der Waals surface area contributed by atoms with E-state index in [2.05, 4.69) is 26.7 Å². The third-order valence-corrected chi connectivity index (χ3v) is 7.30. The third-order valence-electron chi connectivity index (χ3n) is 5.31. The molecule has 0 amide bonds. The van der Waals surface area contributed by atoms with Gasteiger partial charge in [0.05, 0.1) is 5.51 Å². The summed E-state index contributed by atoms with van der Waals surface area (Å²) in [5, 5.41) is 1.43. The first-order valence-electron chi connectivity index (χ1n) is 10.2. The largest absolute Gasteiger partial charge is 0.490 e. The number of sulfonamides is 1. The average Bonchev–Trinajstić information content (AvgIpc) is 3.25. The van der Waals surface area contributed by atoms with Gasteiger partial charge in [-0.15, -0.1) is 11.3 Å². The van der Waals surface area contributed by atoms with Gasteiger partial charge in [-0.3, -0.25) is 4.72 Å². The second kappa shape index (κ2) is 9.93. The predicted octanol–water partition coefficient (Wildman–Crippen LogP) is 4.31. The highest BCUT2D eigenvalue weighted by molar-refractivity contribution is 7.92. The Morgan fingerprint density at radius 1 is 1.12 bits per heavy atom. The number of ether oxygens (including phenoxy) is 1. The van der Waals surface area contributed by atoms with Crippen molar-refractivity contribution in [2.75, 3.05) is 24.4 Å². The fourth-order valence-electron chi connectivity index (χ4n) is 3.69. The lowest BCUT2D eigenvalue weighted by Gasteiger charge is -2.32. The number of thiazole rings is 1. The molecule has 0 aliphatic carbocycles. The third kappa shape index (κ3) is 5.62. The van der Waals surface area contributed by atoms with Crippen LogP contribution in [0.1, 0.15) is 18.4 Å². The van der Waals surface area contributed by atoms with Crippen LogP contribution in [0.4, 0.5) is 14.6 Å². The number of nitrogens with zero attached hydrogens (tertiary/aromatic N) is 2. The molecule has 0 saturated carbocycles. The van der Waals surface area contributed by atoms with Crippen molar-refractivity contribution in [2.45, 2.75) is 30.3 Å². The smallest absolute Gasteiger partial charge is 0.268 e. The number of anilines is 1. The van der Waals surface area contributed by atoms with E-state index in [1.54, 1.807) is 0 Å². The molecule has 1 saturated heterocycles. The zero-order chi connectivity index (χ0) is 22.6. The first kappa shape index (κ1) is 22.6. The van der Waals surface area contributed by atoms with Crippen LogP contribution in [-0.4, -0.2) is 44.0 Å². The maximum absolute atomic E-state index is 14.5. The van der Waals surface area contributed by atoms with Crippen LogP contribution >= 0.6 is 11.3 Å². The molecule has 1 aliphatic rings. The summed E-state index contributed by atoms with van der Waals surface area (Å²) in [7, 11) is -4.45. The molecule has 10 heteroatoms. The molecule has 1 fully saturated rings. The molecule has 1 aromatic heterocycles. The first-order chi connectivity index (χ1) is 15.4. The molecule has 3 aromatic rings. The summed E-state index contributed by atoms with van der Waals surface area (Å²) in [6.07, 6.45) is 2.23. The van der Waals surface area contributed by atoms with E-state index in [1.165, 1.54) is 16.5 Å². The molecule has 170 valence electrons. The van der Waals surface area contributed by atoms with Gasteiger partial charge in [0.15, 0.2) is 10.7 Å². The molecule has 0 radical (unpaired) electrons. The number of rotatable bonds is 8. The Balaban J connectivity index is 1.34. The number of hydrogen-bond acceptors (Lipinski definition) is 6. The average molecular weight is 480 g/mol. The Hall–Kier alpha value is -2.56. The minimum atomic E-state index is -4.45. The maximum Gasteiger partial charge on any atom is 0.268 e. The molecule has 6 nitrogen and oxygen atoms in total. The van der Waals surface area contributed by atoms with Crippen molar-refractivity contribution in [3.05, 3.63) is 70.6 Å². The Morgan fingerprint density at radius 3 is 2.44 bits per heavy atom. The highest BCUT2D eigenvalue weighted by atomic mass is 32.2. The van der Waals surface area contributed by atoms with E-state index < -0.39 is 26.6 Å². The zero-order valence-electron chi connectivity index (χ0n) is 17.2. The summed E-state index contributed by atoms with van der Waals surface area (Å²) >= 11 is 1.16. The topological polar surface area (TPSA) is 71.5 Å². The number of halogens is 2. The number of benzene rings is 2. The molecular weight excluding hydrogens is 456 g/mol. The van der Waals surface area contributed by atoms with Gasteiger partial charge in [0.25, 0.3) is 10.0 Å². The fourth-order valence-corrected chi connectivity index (χ4v) is 5.37. The molecule has 0 atom stereocenters. The summed E-state index contributed by atoms with van der Waals surface area (Å²) in [4.78, 5) is 5.07. The van der Waals surface area contributed by atoms with E-state index in [0.717, 1.165) is 62.4 Å². The normalized spacial score (nSPS) is 15.6. The molecule has 1 aliphatic heterocycles. The monoisotopic (exact) mass is 479 g/mol. The van der Waals surface area contributed by atoms with Gasteiger partial charge in [0, 0.05) is 37.1 Å². The van der Waals surface area contributed by atoms with Crippen molar-refractivity contribution in [1.29, 1.82) is 0 Å². The molecular formula is C22H23F2N3O3S2. The minimum absolute atomic E-state index is 0.00755. The zero-order valence-corrected chi connectivity index (χ0v) is 18.8. The molecule has 0 bridgehead atoms. The lowest BCUT2D eigenvalue weighted by Crippen LogP contribution is -2.39. The van der Waals surface area contributed by atoms with Crippen LogP contribution in [0.2, 0.25) is 0 Å². The maximum atomic E-state index is 14.5. The highest BCUT2D eigenvalue weighted by Crippen LogP contribution is 2.28. The Kier molecular flexibility index (Phi) is 7.02. The van der Waals surface area contributed by atoms with Crippen LogP contribution in [-0.2, 0) is 16.4 Å². The Morgan fingerprint density at radius 2 is 1.81 bits per heavy atom. The SMILES string of the molecule is O=S(=O)(Nc1cscn1)c1c(F)cc(OC2CCN(CCc3ccccc3)CC2)cc1F. The van der Waals surface area contributed by atoms with Gasteiger partial charge in [0.2, 0.25) is 0 Å². The van der Waals surface area contributed by atoms with Crippen LogP contribution < -0.4 is 9.46 Å². The van der Waals surface area contributed by atoms with E-state index in [0.29, 0.717) is 0 Å². The lowest BCUT2D eigenvalue weighted by atomic mass is 10.1. The van der Waals surface area contributed by atoms with Gasteiger partial charge in [-0.25, -0.2) is 22.2 Å². The molecule has 4 rings (SSSR count). The summed E-state index contributed by atoms with van der Waals surface area (Å²) in [6.45, 7) is 2.59. The molecule has 2 aromatic carbocycles. The van der Waals surface area contributed by atoms with Crippen molar-refractivity contribution in [2.24, 2.45) is 0 Å². The second-order valence-corrected chi connectivity index (χ2v) is 9.93. The summed E-state index contributed by atoms with van der Waals surface area (Å²) in [6, 6.07) is 12.1. The molecule has 1 N–H and O–H groups in total. The number of nitrogens with one attached hydrogen (secondary N) is 1.